The Labute approximate surface area is 113 Å². The standard InChI is InChI=1S/C14H21N3O2/c1-9-5-10(2)7-11(6-9)19-13-8-16-4-3-12(13)14(15)17-18/h3-4,8-11,18H,5-7H2,1-2H3,(H2,15,17). The van der Waals surface area contributed by atoms with Crippen molar-refractivity contribution in [1.82, 2.24) is 4.98 Å². The summed E-state index contributed by atoms with van der Waals surface area (Å²) >= 11 is 0. The predicted molar refractivity (Wildman–Crippen MR) is 73.3 cm³/mol. The number of hydrogen-bond donors (Lipinski definition) is 2. The normalized spacial score (nSPS) is 28.1. The highest BCUT2D eigenvalue weighted by molar-refractivity contribution is 5.99. The quantitative estimate of drug-likeness (QED) is 0.380. The van der Waals surface area contributed by atoms with Crippen molar-refractivity contribution < 1.29 is 9.94 Å². The summed E-state index contributed by atoms with van der Waals surface area (Å²) in [6.45, 7) is 4.50. The van der Waals surface area contributed by atoms with Crippen molar-refractivity contribution in [2.24, 2.45) is 22.7 Å². The van der Waals surface area contributed by atoms with Crippen molar-refractivity contribution in [3.8, 4) is 5.75 Å². The van der Waals surface area contributed by atoms with Crippen molar-refractivity contribution in [1.29, 1.82) is 0 Å². The first kappa shape index (κ1) is 13.6. The van der Waals surface area contributed by atoms with Crippen LogP contribution in [0, 0.1) is 11.8 Å². The van der Waals surface area contributed by atoms with Gasteiger partial charge in [0, 0.05) is 6.20 Å². The molecular formula is C14H21N3O2. The number of ether oxygens (including phenoxy) is 1. The molecule has 1 aromatic heterocycles. The van der Waals surface area contributed by atoms with E-state index in [9.17, 15) is 0 Å². The van der Waals surface area contributed by atoms with Crippen LogP contribution in [-0.2, 0) is 0 Å². The molecule has 1 fully saturated rings. The van der Waals surface area contributed by atoms with E-state index in [2.05, 4.69) is 24.0 Å². The Hall–Kier alpha value is -1.78. The van der Waals surface area contributed by atoms with Gasteiger partial charge in [-0.15, -0.1) is 0 Å². The van der Waals surface area contributed by atoms with Crippen LogP contribution in [0.1, 0.15) is 38.7 Å². The Morgan fingerprint density at radius 2 is 2.05 bits per heavy atom. The predicted octanol–water partition coefficient (Wildman–Crippen LogP) is 2.38. The molecule has 1 aliphatic rings. The number of amidine groups is 1. The molecule has 2 atom stereocenters. The maximum absolute atomic E-state index is 8.79. The molecule has 0 spiro atoms. The molecule has 0 radical (unpaired) electrons. The van der Waals surface area contributed by atoms with Gasteiger partial charge >= 0.3 is 0 Å². The molecule has 1 aromatic rings. The zero-order valence-corrected chi connectivity index (χ0v) is 11.4. The van der Waals surface area contributed by atoms with Crippen LogP contribution in [0.25, 0.3) is 0 Å². The number of rotatable bonds is 3. The van der Waals surface area contributed by atoms with Crippen LogP contribution < -0.4 is 10.5 Å². The van der Waals surface area contributed by atoms with Crippen LogP contribution in [0.3, 0.4) is 0 Å². The first-order chi connectivity index (χ1) is 9.10. The molecule has 5 heteroatoms. The Morgan fingerprint density at radius 1 is 1.37 bits per heavy atom. The smallest absolute Gasteiger partial charge is 0.173 e. The van der Waals surface area contributed by atoms with Crippen LogP contribution in [0.15, 0.2) is 23.6 Å². The maximum atomic E-state index is 8.79. The molecule has 2 unspecified atom stereocenters. The largest absolute Gasteiger partial charge is 0.488 e. The zero-order valence-electron chi connectivity index (χ0n) is 11.4. The van der Waals surface area contributed by atoms with E-state index in [-0.39, 0.29) is 11.9 Å². The maximum Gasteiger partial charge on any atom is 0.173 e. The van der Waals surface area contributed by atoms with Crippen molar-refractivity contribution in [2.45, 2.75) is 39.2 Å². The molecule has 0 bridgehead atoms. The molecule has 0 saturated heterocycles. The number of pyridine rings is 1. The van der Waals surface area contributed by atoms with Crippen molar-refractivity contribution in [3.05, 3.63) is 24.0 Å². The van der Waals surface area contributed by atoms with E-state index in [0.717, 1.165) is 12.8 Å². The lowest BCUT2D eigenvalue weighted by Gasteiger charge is -2.32. The van der Waals surface area contributed by atoms with Crippen LogP contribution in [-0.4, -0.2) is 22.1 Å². The highest BCUT2D eigenvalue weighted by Gasteiger charge is 2.26. The zero-order chi connectivity index (χ0) is 13.8. The summed E-state index contributed by atoms with van der Waals surface area (Å²) in [5, 5.41) is 11.8. The van der Waals surface area contributed by atoms with E-state index in [1.54, 1.807) is 18.5 Å². The van der Waals surface area contributed by atoms with E-state index in [0.29, 0.717) is 23.1 Å². The summed E-state index contributed by atoms with van der Waals surface area (Å²) in [6.07, 6.45) is 6.72. The molecule has 0 amide bonds. The molecular weight excluding hydrogens is 242 g/mol. The lowest BCUT2D eigenvalue weighted by atomic mass is 9.82. The topological polar surface area (TPSA) is 80.7 Å². The summed E-state index contributed by atoms with van der Waals surface area (Å²) in [6, 6.07) is 1.69. The summed E-state index contributed by atoms with van der Waals surface area (Å²) in [4.78, 5) is 4.05. The molecule has 3 N–H and O–H groups in total. The molecule has 0 aromatic carbocycles. The minimum absolute atomic E-state index is 0.0503. The van der Waals surface area contributed by atoms with Gasteiger partial charge in [-0.1, -0.05) is 19.0 Å². The Morgan fingerprint density at radius 3 is 2.68 bits per heavy atom. The third-order valence-corrected chi connectivity index (χ3v) is 3.60. The van der Waals surface area contributed by atoms with Crippen molar-refractivity contribution in [2.75, 3.05) is 0 Å². The van der Waals surface area contributed by atoms with Crippen LogP contribution in [0.4, 0.5) is 0 Å². The first-order valence-electron chi connectivity index (χ1n) is 6.68. The van der Waals surface area contributed by atoms with E-state index in [1.165, 1.54) is 6.42 Å². The first-order valence-corrected chi connectivity index (χ1v) is 6.68. The molecule has 104 valence electrons. The monoisotopic (exact) mass is 263 g/mol. The van der Waals surface area contributed by atoms with Gasteiger partial charge in [-0.25, -0.2) is 0 Å². The third kappa shape index (κ3) is 3.36. The van der Waals surface area contributed by atoms with Crippen molar-refractivity contribution >= 4 is 5.84 Å². The second kappa shape index (κ2) is 5.91. The van der Waals surface area contributed by atoms with Gasteiger partial charge in [0.1, 0.15) is 5.75 Å². The molecule has 5 nitrogen and oxygen atoms in total. The Kier molecular flexibility index (Phi) is 4.24. The molecule has 1 saturated carbocycles. The molecule has 19 heavy (non-hydrogen) atoms. The van der Waals surface area contributed by atoms with Gasteiger partial charge in [0.05, 0.1) is 17.9 Å². The fourth-order valence-corrected chi connectivity index (χ4v) is 2.89. The average molecular weight is 263 g/mol. The number of aromatic nitrogens is 1. The summed E-state index contributed by atoms with van der Waals surface area (Å²) in [5.74, 6) is 1.97. The second-order valence-electron chi connectivity index (χ2n) is 5.51. The lowest BCUT2D eigenvalue weighted by molar-refractivity contribution is 0.100. The SMILES string of the molecule is CC1CC(C)CC(Oc2cnccc2/C(N)=N/O)C1. The van der Waals surface area contributed by atoms with Gasteiger partial charge < -0.3 is 15.7 Å². The van der Waals surface area contributed by atoms with Crippen LogP contribution >= 0.6 is 0 Å². The highest BCUT2D eigenvalue weighted by Crippen LogP contribution is 2.31. The third-order valence-electron chi connectivity index (χ3n) is 3.60. The van der Waals surface area contributed by atoms with E-state index >= 15 is 0 Å². The molecule has 1 heterocycles. The highest BCUT2D eigenvalue weighted by atomic mass is 16.5. The van der Waals surface area contributed by atoms with Crippen LogP contribution in [0.2, 0.25) is 0 Å². The Bertz CT molecular complexity index is 452. The number of nitrogens with two attached hydrogens (primary N) is 1. The van der Waals surface area contributed by atoms with E-state index in [1.807, 2.05) is 0 Å². The van der Waals surface area contributed by atoms with Crippen LogP contribution in [0.5, 0.6) is 5.75 Å². The molecule has 2 rings (SSSR count). The van der Waals surface area contributed by atoms with Crippen molar-refractivity contribution in [3.63, 3.8) is 0 Å². The number of oxime groups is 1. The summed E-state index contributed by atoms with van der Waals surface area (Å²) in [7, 11) is 0. The average Bonchev–Trinajstić information content (AvgIpc) is 2.37. The van der Waals surface area contributed by atoms with Gasteiger partial charge in [0.2, 0.25) is 0 Å². The molecule has 1 aliphatic carbocycles. The van der Waals surface area contributed by atoms with Gasteiger partial charge in [-0.2, -0.15) is 0 Å². The summed E-state index contributed by atoms with van der Waals surface area (Å²) < 4.78 is 6.02. The number of hydrogen-bond acceptors (Lipinski definition) is 4. The fraction of sp³-hybridized carbons (Fsp3) is 0.571. The minimum atomic E-state index is 0.0503. The van der Waals surface area contributed by atoms with Gasteiger partial charge in [0.25, 0.3) is 0 Å². The van der Waals surface area contributed by atoms with Gasteiger partial charge in [-0.05, 0) is 37.2 Å². The number of nitrogens with zero attached hydrogens (tertiary/aromatic N) is 2. The van der Waals surface area contributed by atoms with E-state index in [4.69, 9.17) is 15.7 Å². The molecule has 0 aliphatic heterocycles. The summed E-state index contributed by atoms with van der Waals surface area (Å²) in [5.41, 5.74) is 6.23. The van der Waals surface area contributed by atoms with Gasteiger partial charge in [0.15, 0.2) is 5.84 Å². The lowest BCUT2D eigenvalue weighted by Crippen LogP contribution is -2.29. The Balaban J connectivity index is 2.15. The second-order valence-corrected chi connectivity index (χ2v) is 5.51. The fourth-order valence-electron chi connectivity index (χ4n) is 2.89. The van der Waals surface area contributed by atoms with E-state index < -0.39 is 0 Å². The van der Waals surface area contributed by atoms with Gasteiger partial charge in [-0.3, -0.25) is 4.98 Å². The minimum Gasteiger partial charge on any atom is -0.488 e.